The molecule has 1 saturated heterocycles. The van der Waals surface area contributed by atoms with Gasteiger partial charge in [-0.25, -0.2) is 14.8 Å². The summed E-state index contributed by atoms with van der Waals surface area (Å²) >= 11 is 1.45. The molecular weight excluding hydrogens is 685 g/mol. The first-order valence-electron chi connectivity index (χ1n) is 17.1. The number of hydrogen-bond acceptors (Lipinski definition) is 10. The molecule has 0 aromatic carbocycles. The quantitative estimate of drug-likeness (QED) is 0.155. The van der Waals surface area contributed by atoms with Crippen molar-refractivity contribution in [3.05, 3.63) is 57.3 Å². The number of carbonyl (C=O) groups is 3. The first kappa shape index (κ1) is 38.1. The Morgan fingerprint density at radius 3 is 2.15 bits per heavy atom. The third-order valence-corrected chi connectivity index (χ3v) is 9.65. The second kappa shape index (κ2) is 17.4. The molecule has 3 aromatic rings. The monoisotopic (exact) mass is 728 g/mol. The molecule has 274 valence electrons. The number of amides is 3. The van der Waals surface area contributed by atoms with E-state index in [-0.39, 0.29) is 29.7 Å². The molecule has 0 aliphatic carbocycles. The number of likely N-dealkylation sites (tertiary alicyclic amines) is 1. The third kappa shape index (κ3) is 9.21. The standard InChI is InChI=1S/C37H44N8O6S/c1-22(2)30(42-36(48)50-5)34(46)44-18-8-7-10-28(44)32-38-20-24(40-32)12-14-26-16-17-27(52-26)15-13-25-21-39-33(41-25)29-11-9-19-45(29)35(47)31(23(3)4)43-37(49)51-6/h16-17,20-23,28-31,36,42,48H,8-9,11,18-19H2,1-6H3,(H,38,40)(H,39,41)(H,43,49)/t28-,29-,30-,31-,36?/m0/s1. The van der Waals surface area contributed by atoms with Gasteiger partial charge in [0.2, 0.25) is 18.2 Å². The van der Waals surface area contributed by atoms with Crippen LogP contribution in [0.25, 0.3) is 0 Å². The number of H-pyrrole nitrogens is 2. The maximum Gasteiger partial charge on any atom is 0.407 e. The van der Waals surface area contributed by atoms with Crippen molar-refractivity contribution in [1.29, 1.82) is 0 Å². The summed E-state index contributed by atoms with van der Waals surface area (Å²) in [6, 6.07) is 1.59. The zero-order chi connectivity index (χ0) is 37.4. The lowest BCUT2D eigenvalue weighted by molar-refractivity contribution is -0.145. The number of rotatable bonds is 10. The molecule has 5 heterocycles. The largest absolute Gasteiger partial charge is 0.453 e. The summed E-state index contributed by atoms with van der Waals surface area (Å²) in [5, 5.41) is 15.5. The summed E-state index contributed by atoms with van der Waals surface area (Å²) in [7, 11) is 2.63. The number of imidazole rings is 2. The number of methoxy groups -OCH3 is 2. The maximum atomic E-state index is 13.5. The van der Waals surface area contributed by atoms with E-state index < -0.39 is 30.6 Å². The zero-order valence-electron chi connectivity index (χ0n) is 30.1. The Morgan fingerprint density at radius 1 is 0.923 bits per heavy atom. The zero-order valence-corrected chi connectivity index (χ0v) is 30.9. The number of hydrogen-bond donors (Lipinski definition) is 5. The van der Waals surface area contributed by atoms with Gasteiger partial charge in [0.05, 0.1) is 41.3 Å². The number of aromatic nitrogens is 4. The highest BCUT2D eigenvalue weighted by atomic mass is 32.1. The fourth-order valence-corrected chi connectivity index (χ4v) is 6.70. The fourth-order valence-electron chi connectivity index (χ4n) is 5.99. The van der Waals surface area contributed by atoms with Gasteiger partial charge in [-0.1, -0.05) is 39.5 Å². The molecule has 14 nitrogen and oxygen atoms in total. The minimum absolute atomic E-state index is 0.106. The van der Waals surface area contributed by atoms with Crippen LogP contribution in [0.2, 0.25) is 0 Å². The number of thiophene rings is 1. The predicted molar refractivity (Wildman–Crippen MR) is 193 cm³/mol. The van der Waals surface area contributed by atoms with Crippen LogP contribution in [0.4, 0.5) is 4.79 Å². The highest BCUT2D eigenvalue weighted by Crippen LogP contribution is 2.31. The molecule has 2 aliphatic heterocycles. The number of aliphatic hydroxyl groups is 1. The summed E-state index contributed by atoms with van der Waals surface area (Å²) in [6.07, 6.45) is 3.48. The average molecular weight is 729 g/mol. The van der Waals surface area contributed by atoms with Crippen molar-refractivity contribution in [3.8, 4) is 35.5 Å². The van der Waals surface area contributed by atoms with Crippen molar-refractivity contribution in [3.63, 3.8) is 0 Å². The minimum Gasteiger partial charge on any atom is -0.453 e. The predicted octanol–water partition coefficient (Wildman–Crippen LogP) is 2.85. The van der Waals surface area contributed by atoms with Crippen LogP contribution in [-0.4, -0.2) is 98.6 Å². The lowest BCUT2D eigenvalue weighted by atomic mass is 10.0. The number of carbonyl (C=O) groups excluding carboxylic acids is 3. The van der Waals surface area contributed by atoms with Crippen molar-refractivity contribution in [2.45, 2.75) is 77.5 Å². The van der Waals surface area contributed by atoms with Crippen molar-refractivity contribution in [2.24, 2.45) is 11.8 Å². The molecule has 1 unspecified atom stereocenters. The van der Waals surface area contributed by atoms with Crippen LogP contribution in [0, 0.1) is 47.4 Å². The summed E-state index contributed by atoms with van der Waals surface area (Å²) in [6.45, 7) is 8.55. The van der Waals surface area contributed by atoms with Crippen molar-refractivity contribution in [2.75, 3.05) is 27.3 Å². The van der Waals surface area contributed by atoms with Gasteiger partial charge < -0.3 is 39.7 Å². The van der Waals surface area contributed by atoms with Crippen LogP contribution in [0.5, 0.6) is 0 Å². The van der Waals surface area contributed by atoms with Crippen LogP contribution in [0.1, 0.15) is 91.8 Å². The van der Waals surface area contributed by atoms with Gasteiger partial charge in [0.25, 0.3) is 0 Å². The summed E-state index contributed by atoms with van der Waals surface area (Å²) in [4.78, 5) is 59.4. The molecule has 5 atom stereocenters. The first-order valence-corrected chi connectivity index (χ1v) is 17.9. The van der Waals surface area contributed by atoms with Gasteiger partial charge in [-0.15, -0.1) is 11.3 Å². The van der Waals surface area contributed by atoms with Crippen LogP contribution in [0.3, 0.4) is 0 Å². The summed E-state index contributed by atoms with van der Waals surface area (Å²) < 4.78 is 9.63. The van der Waals surface area contributed by atoms with Gasteiger partial charge in [0, 0.05) is 26.6 Å². The molecule has 3 aromatic heterocycles. The van der Waals surface area contributed by atoms with E-state index in [0.717, 1.165) is 22.6 Å². The summed E-state index contributed by atoms with van der Waals surface area (Å²) in [5.41, 5.74) is 1.20. The molecule has 0 bridgehead atoms. The minimum atomic E-state index is -1.27. The molecule has 52 heavy (non-hydrogen) atoms. The van der Waals surface area contributed by atoms with E-state index >= 15 is 0 Å². The van der Waals surface area contributed by atoms with E-state index in [1.165, 1.54) is 25.6 Å². The molecule has 5 rings (SSSR count). The van der Waals surface area contributed by atoms with Crippen LogP contribution >= 0.6 is 11.3 Å². The van der Waals surface area contributed by atoms with Crippen LogP contribution in [0.15, 0.2) is 24.5 Å². The second-order valence-corrected chi connectivity index (χ2v) is 14.1. The van der Waals surface area contributed by atoms with Crippen LogP contribution in [-0.2, 0) is 19.1 Å². The van der Waals surface area contributed by atoms with E-state index in [0.29, 0.717) is 42.5 Å². The fraction of sp³-hybridized carbons (Fsp3) is 0.486. The number of nitrogens with one attached hydrogen (secondary N) is 4. The lowest BCUT2D eigenvalue weighted by Crippen LogP contribution is -2.54. The van der Waals surface area contributed by atoms with Gasteiger partial charge in [0.15, 0.2) is 6.04 Å². The first-order chi connectivity index (χ1) is 25.0. The van der Waals surface area contributed by atoms with Gasteiger partial charge in [0.1, 0.15) is 29.1 Å². The van der Waals surface area contributed by atoms with Gasteiger partial charge in [-0.05, 0) is 60.5 Å². The summed E-state index contributed by atoms with van der Waals surface area (Å²) in [5.74, 6) is 19.3. The topological polar surface area (TPSA) is 178 Å². The van der Waals surface area contributed by atoms with Gasteiger partial charge >= 0.3 is 6.09 Å². The number of ether oxygens (including phenoxy) is 2. The molecule has 2 aliphatic rings. The number of nitrogens with zero attached hydrogens (tertiary/aromatic N) is 4. The smallest absolute Gasteiger partial charge is 0.407 e. The molecular formula is C37H44N8O6S. The van der Waals surface area contributed by atoms with E-state index in [9.17, 15) is 19.5 Å². The molecule has 1 fully saturated rings. The van der Waals surface area contributed by atoms with Gasteiger partial charge in [-0.2, -0.15) is 0 Å². The maximum absolute atomic E-state index is 13.5. The van der Waals surface area contributed by atoms with Crippen molar-refractivity contribution < 1.29 is 29.0 Å². The molecule has 0 radical (unpaired) electrons. The highest BCUT2D eigenvalue weighted by molar-refractivity contribution is 7.13. The molecule has 15 heteroatoms. The number of aliphatic hydroxyl groups excluding tert-OH is 1. The molecule has 0 spiro atoms. The third-order valence-electron chi connectivity index (χ3n) is 8.73. The van der Waals surface area contributed by atoms with E-state index in [2.05, 4.69) is 66.1 Å². The Kier molecular flexibility index (Phi) is 12.8. The Bertz CT molecular complexity index is 1930. The Labute approximate surface area is 307 Å². The molecule has 3 amide bonds. The number of aromatic amines is 2. The SMILES string of the molecule is COC(=O)N[C@H](C(=O)N1CCC[C@H]1c1ncc(C#Cc2ccc(C#Cc3cnc([C@@H]4C#CCCN4C(=O)[C@@H](NC(O)OC)C(C)C)[nH]3)s2)[nH]1)C(C)C. The molecule has 0 saturated carbocycles. The molecule has 5 N–H and O–H groups in total. The van der Waals surface area contributed by atoms with Crippen molar-refractivity contribution >= 4 is 29.2 Å². The van der Waals surface area contributed by atoms with Gasteiger partial charge in [-0.3, -0.25) is 14.9 Å². The van der Waals surface area contributed by atoms with E-state index in [1.807, 2.05) is 39.8 Å². The Hall–Kier alpha value is -5.11. The Balaban J connectivity index is 1.23. The van der Waals surface area contributed by atoms with E-state index in [1.54, 1.807) is 22.2 Å². The second-order valence-electron chi connectivity index (χ2n) is 13.1. The normalized spacial score (nSPS) is 18.4. The lowest BCUT2D eigenvalue weighted by Gasteiger charge is -2.34. The van der Waals surface area contributed by atoms with E-state index in [4.69, 9.17) is 9.47 Å². The Morgan fingerprint density at radius 2 is 1.54 bits per heavy atom. The highest BCUT2D eigenvalue weighted by Gasteiger charge is 2.38. The van der Waals surface area contributed by atoms with Crippen molar-refractivity contribution in [1.82, 2.24) is 40.4 Å². The number of alkyl carbamates (subject to hydrolysis) is 1. The average Bonchev–Trinajstić information content (AvgIpc) is 3.97. The van der Waals surface area contributed by atoms with Crippen LogP contribution < -0.4 is 10.6 Å².